The van der Waals surface area contributed by atoms with Gasteiger partial charge in [0.25, 0.3) is 0 Å². The normalized spacial score (nSPS) is 13.0. The third-order valence-electron chi connectivity index (χ3n) is 1.81. The van der Waals surface area contributed by atoms with E-state index in [0.29, 0.717) is 0 Å². The Morgan fingerprint density at radius 3 is 2.08 bits per heavy atom. The molecule has 0 aliphatic heterocycles. The number of aliphatic hydroxyl groups excluding tert-OH is 1. The van der Waals surface area contributed by atoms with Gasteiger partial charge in [-0.15, -0.1) is 0 Å². The summed E-state index contributed by atoms with van der Waals surface area (Å²) in [4.78, 5) is 0. The Morgan fingerprint density at radius 1 is 1.17 bits per heavy atom. The van der Waals surface area contributed by atoms with Crippen LogP contribution in [0.3, 0.4) is 0 Å². The van der Waals surface area contributed by atoms with E-state index in [4.69, 9.17) is 0 Å². The molecule has 0 aromatic heterocycles. The summed E-state index contributed by atoms with van der Waals surface area (Å²) in [5, 5.41) is 9.19. The average Bonchev–Trinajstić information content (AvgIpc) is 1.81. The van der Waals surface area contributed by atoms with E-state index in [0.717, 1.165) is 6.42 Å². The Hall–Kier alpha value is -0.820. The lowest BCUT2D eigenvalue weighted by molar-refractivity contribution is 0.195. The molecule has 0 unspecified atom stereocenters. The minimum Gasteiger partial charge on any atom is -0.393 e. The van der Waals surface area contributed by atoms with Crippen molar-refractivity contribution in [3.63, 3.8) is 0 Å². The number of rotatable bonds is 2. The first kappa shape index (κ1) is 9.27. The van der Waals surface area contributed by atoms with Crippen LogP contribution >= 0.6 is 0 Å². The van der Waals surface area contributed by atoms with Gasteiger partial charge in [0.15, 0.2) is 0 Å². The fraction of sp³-hybridized carbons (Fsp3) is 0.455. The number of benzene rings is 1. The summed E-state index contributed by atoms with van der Waals surface area (Å²) >= 11 is 0. The average molecular weight is 164 g/mol. The van der Waals surface area contributed by atoms with Gasteiger partial charge >= 0.3 is 0 Å². The standard InChI is InChI=1S/C11H16O/c1-8-4-9(2)6-11(5-8)7-10(3)12/h4-6,10,12H,7H2,1-3H3/t10-/m1/s1. The summed E-state index contributed by atoms with van der Waals surface area (Å²) in [6.07, 6.45) is 0.508. The Kier molecular flexibility index (Phi) is 2.88. The molecule has 0 saturated heterocycles. The fourth-order valence-electron chi connectivity index (χ4n) is 1.53. The Morgan fingerprint density at radius 2 is 1.67 bits per heavy atom. The third-order valence-corrected chi connectivity index (χ3v) is 1.81. The molecule has 0 saturated carbocycles. The van der Waals surface area contributed by atoms with E-state index in [1.54, 1.807) is 0 Å². The lowest BCUT2D eigenvalue weighted by Crippen LogP contribution is -2.04. The van der Waals surface area contributed by atoms with Crippen molar-refractivity contribution in [3.8, 4) is 0 Å². The predicted octanol–water partition coefficient (Wildman–Crippen LogP) is 2.23. The predicted molar refractivity (Wildman–Crippen MR) is 51.3 cm³/mol. The van der Waals surface area contributed by atoms with Gasteiger partial charge < -0.3 is 5.11 Å². The van der Waals surface area contributed by atoms with Crippen LogP contribution in [0.25, 0.3) is 0 Å². The van der Waals surface area contributed by atoms with E-state index < -0.39 is 0 Å². The van der Waals surface area contributed by atoms with Crippen LogP contribution in [-0.2, 0) is 6.42 Å². The van der Waals surface area contributed by atoms with E-state index in [1.165, 1.54) is 16.7 Å². The molecule has 1 atom stereocenters. The monoisotopic (exact) mass is 164 g/mol. The molecule has 0 fully saturated rings. The van der Waals surface area contributed by atoms with Crippen molar-refractivity contribution >= 4 is 0 Å². The minimum atomic E-state index is -0.244. The van der Waals surface area contributed by atoms with Crippen molar-refractivity contribution in [1.29, 1.82) is 0 Å². The van der Waals surface area contributed by atoms with Crippen LogP contribution in [0.2, 0.25) is 0 Å². The zero-order chi connectivity index (χ0) is 9.14. The Labute approximate surface area is 74.1 Å². The molecule has 1 rings (SSSR count). The molecule has 0 heterocycles. The molecular formula is C11H16O. The molecule has 1 aromatic carbocycles. The first-order valence-electron chi connectivity index (χ1n) is 4.33. The SMILES string of the molecule is Cc1cc(C)cc(C[C@@H](C)O)c1. The van der Waals surface area contributed by atoms with Crippen LogP contribution in [0, 0.1) is 13.8 Å². The molecule has 1 nitrogen and oxygen atoms in total. The van der Waals surface area contributed by atoms with Gasteiger partial charge in [0.2, 0.25) is 0 Å². The molecule has 0 aliphatic rings. The maximum absolute atomic E-state index is 9.19. The number of aryl methyl sites for hydroxylation is 2. The summed E-state index contributed by atoms with van der Waals surface area (Å²) in [5.74, 6) is 0. The van der Waals surface area contributed by atoms with Gasteiger partial charge in [-0.05, 0) is 32.8 Å². The van der Waals surface area contributed by atoms with Crippen LogP contribution in [0.4, 0.5) is 0 Å². The molecule has 0 amide bonds. The van der Waals surface area contributed by atoms with Crippen LogP contribution in [-0.4, -0.2) is 11.2 Å². The summed E-state index contributed by atoms with van der Waals surface area (Å²) in [5.41, 5.74) is 3.76. The molecule has 0 radical (unpaired) electrons. The maximum atomic E-state index is 9.19. The van der Waals surface area contributed by atoms with Crippen LogP contribution in [0.1, 0.15) is 23.6 Å². The zero-order valence-corrected chi connectivity index (χ0v) is 7.96. The van der Waals surface area contributed by atoms with Gasteiger partial charge in [-0.25, -0.2) is 0 Å². The second kappa shape index (κ2) is 3.72. The Bertz CT molecular complexity index is 243. The number of aliphatic hydroxyl groups is 1. The third kappa shape index (κ3) is 2.67. The molecule has 0 bridgehead atoms. The second-order valence-electron chi connectivity index (χ2n) is 3.55. The molecule has 0 spiro atoms. The Balaban J connectivity index is 2.85. The van der Waals surface area contributed by atoms with Crippen molar-refractivity contribution in [3.05, 3.63) is 34.9 Å². The van der Waals surface area contributed by atoms with Gasteiger partial charge in [0.1, 0.15) is 0 Å². The second-order valence-corrected chi connectivity index (χ2v) is 3.55. The van der Waals surface area contributed by atoms with E-state index in [2.05, 4.69) is 32.0 Å². The fourth-order valence-corrected chi connectivity index (χ4v) is 1.53. The molecule has 0 aliphatic carbocycles. The first-order chi connectivity index (χ1) is 5.58. The summed E-state index contributed by atoms with van der Waals surface area (Å²) in [7, 11) is 0. The highest BCUT2D eigenvalue weighted by Crippen LogP contribution is 2.10. The number of hydrogen-bond acceptors (Lipinski definition) is 1. The van der Waals surface area contributed by atoms with E-state index in [1.807, 2.05) is 6.92 Å². The number of hydrogen-bond donors (Lipinski definition) is 1. The zero-order valence-electron chi connectivity index (χ0n) is 7.96. The van der Waals surface area contributed by atoms with Gasteiger partial charge in [0.05, 0.1) is 6.10 Å². The highest BCUT2D eigenvalue weighted by Gasteiger charge is 1.99. The molecule has 1 N–H and O–H groups in total. The van der Waals surface area contributed by atoms with Crippen molar-refractivity contribution in [2.24, 2.45) is 0 Å². The molecule has 12 heavy (non-hydrogen) atoms. The highest BCUT2D eigenvalue weighted by atomic mass is 16.3. The van der Waals surface area contributed by atoms with Gasteiger partial charge in [-0.1, -0.05) is 29.3 Å². The quantitative estimate of drug-likeness (QED) is 0.710. The summed E-state index contributed by atoms with van der Waals surface area (Å²) in [6.45, 7) is 5.98. The molecule has 1 heteroatoms. The highest BCUT2D eigenvalue weighted by molar-refractivity contribution is 5.28. The van der Waals surface area contributed by atoms with Gasteiger partial charge in [-0.3, -0.25) is 0 Å². The molecule has 1 aromatic rings. The molecular weight excluding hydrogens is 148 g/mol. The topological polar surface area (TPSA) is 20.2 Å². The van der Waals surface area contributed by atoms with Gasteiger partial charge in [-0.2, -0.15) is 0 Å². The maximum Gasteiger partial charge on any atom is 0.0552 e. The summed E-state index contributed by atoms with van der Waals surface area (Å²) < 4.78 is 0. The van der Waals surface area contributed by atoms with E-state index >= 15 is 0 Å². The molecule has 66 valence electrons. The van der Waals surface area contributed by atoms with E-state index in [-0.39, 0.29) is 6.10 Å². The van der Waals surface area contributed by atoms with Crippen LogP contribution in [0.15, 0.2) is 18.2 Å². The van der Waals surface area contributed by atoms with Gasteiger partial charge in [0, 0.05) is 0 Å². The smallest absolute Gasteiger partial charge is 0.0552 e. The van der Waals surface area contributed by atoms with E-state index in [9.17, 15) is 5.11 Å². The minimum absolute atomic E-state index is 0.244. The van der Waals surface area contributed by atoms with Crippen LogP contribution in [0.5, 0.6) is 0 Å². The van der Waals surface area contributed by atoms with Crippen molar-refractivity contribution < 1.29 is 5.11 Å². The van der Waals surface area contributed by atoms with Crippen molar-refractivity contribution in [2.75, 3.05) is 0 Å². The lowest BCUT2D eigenvalue weighted by atomic mass is 10.0. The first-order valence-corrected chi connectivity index (χ1v) is 4.33. The van der Waals surface area contributed by atoms with Crippen LogP contribution < -0.4 is 0 Å². The summed E-state index contributed by atoms with van der Waals surface area (Å²) in [6, 6.07) is 6.39. The van der Waals surface area contributed by atoms with Crippen molar-refractivity contribution in [1.82, 2.24) is 0 Å². The largest absolute Gasteiger partial charge is 0.393 e. The lowest BCUT2D eigenvalue weighted by Gasteiger charge is -2.06. The van der Waals surface area contributed by atoms with Crippen molar-refractivity contribution in [2.45, 2.75) is 33.3 Å².